The number of ether oxygens (including phenoxy) is 1. The van der Waals surface area contributed by atoms with Crippen LogP contribution >= 0.6 is 23.5 Å². The number of carbonyl (C=O) groups is 1. The third-order valence-corrected chi connectivity index (χ3v) is 8.22. The molecule has 2 aliphatic rings. The van der Waals surface area contributed by atoms with Crippen LogP contribution in [0.25, 0.3) is 0 Å². The lowest BCUT2D eigenvalue weighted by Gasteiger charge is -2.31. The van der Waals surface area contributed by atoms with Gasteiger partial charge in [-0.25, -0.2) is 4.39 Å². The van der Waals surface area contributed by atoms with Crippen LogP contribution in [0.15, 0.2) is 53.4 Å². The molecule has 0 saturated heterocycles. The number of nitrogens with one attached hydrogen (secondary N) is 2. The van der Waals surface area contributed by atoms with E-state index >= 15 is 8.78 Å². The Morgan fingerprint density at radius 3 is 2.42 bits per heavy atom. The molecule has 1 amide bonds. The summed E-state index contributed by atoms with van der Waals surface area (Å²) in [6.07, 6.45) is 1.44. The monoisotopic (exact) mass is 535 g/mol. The number of nitriles is 1. The van der Waals surface area contributed by atoms with Gasteiger partial charge in [0.05, 0.1) is 12.1 Å². The van der Waals surface area contributed by atoms with E-state index in [1.807, 2.05) is 6.26 Å². The molecule has 2 saturated carbocycles. The third-order valence-electron chi connectivity index (χ3n) is 6.20. The Kier molecular flexibility index (Phi) is 8.43. The molecule has 2 aromatic carbocycles. The lowest BCUT2D eigenvalue weighted by molar-refractivity contribution is -0.202. The summed E-state index contributed by atoms with van der Waals surface area (Å²) in [5, 5.41) is 14.9. The van der Waals surface area contributed by atoms with Crippen LogP contribution in [0, 0.1) is 23.1 Å². The largest absolute Gasteiger partial charge is 0.431 e. The van der Waals surface area contributed by atoms with Crippen molar-refractivity contribution in [1.29, 1.82) is 5.26 Å². The van der Waals surface area contributed by atoms with Crippen LogP contribution in [0.2, 0.25) is 0 Å². The van der Waals surface area contributed by atoms with E-state index in [0.717, 1.165) is 35.6 Å². The zero-order valence-corrected chi connectivity index (χ0v) is 21.4. The first-order valence-corrected chi connectivity index (χ1v) is 14.1. The van der Waals surface area contributed by atoms with Crippen molar-refractivity contribution in [3.63, 3.8) is 0 Å². The number of alkyl halides is 2. The van der Waals surface area contributed by atoms with Crippen LogP contribution in [0.4, 0.5) is 13.2 Å². The molecule has 0 aromatic heterocycles. The summed E-state index contributed by atoms with van der Waals surface area (Å²) in [7, 11) is 0. The lowest BCUT2D eigenvalue weighted by Crippen LogP contribution is -2.54. The summed E-state index contributed by atoms with van der Waals surface area (Å²) in [5.41, 5.74) is -0.852. The van der Waals surface area contributed by atoms with Gasteiger partial charge in [0.2, 0.25) is 5.91 Å². The van der Waals surface area contributed by atoms with Crippen LogP contribution in [0.5, 0.6) is 5.75 Å². The molecule has 2 fully saturated rings. The average molecular weight is 536 g/mol. The summed E-state index contributed by atoms with van der Waals surface area (Å²) in [4.78, 5) is 14.0. The molecule has 0 spiro atoms. The first kappa shape index (κ1) is 26.7. The standard InChI is InChI=1S/C26H28F3N3O2S2/c1-35-21-10-8-20(9-11-21)34-26(28,29)23(18-4-6-19(27)7-5-18)31-22(15-36-14-17-2-3-17)24(33)32-25(16-30)12-13-25/h4-11,17,22-23,31H,2-3,12-15H2,1H3,(H,32,33)/t22?,23-/m1/s1. The fourth-order valence-electron chi connectivity index (χ4n) is 3.65. The summed E-state index contributed by atoms with van der Waals surface area (Å²) in [5.74, 6) is 0.579. The zero-order valence-electron chi connectivity index (χ0n) is 19.8. The minimum Gasteiger partial charge on any atom is -0.431 e. The Morgan fingerprint density at radius 1 is 1.19 bits per heavy atom. The van der Waals surface area contributed by atoms with Gasteiger partial charge in [-0.1, -0.05) is 12.1 Å². The summed E-state index contributed by atoms with van der Waals surface area (Å²) >= 11 is 2.99. The van der Waals surface area contributed by atoms with Gasteiger partial charge in [0.1, 0.15) is 23.1 Å². The van der Waals surface area contributed by atoms with Crippen molar-refractivity contribution in [1.82, 2.24) is 10.6 Å². The zero-order chi connectivity index (χ0) is 25.8. The molecule has 10 heteroatoms. The van der Waals surface area contributed by atoms with E-state index in [1.165, 1.54) is 47.8 Å². The fourth-order valence-corrected chi connectivity index (χ4v) is 5.35. The van der Waals surface area contributed by atoms with E-state index < -0.39 is 35.5 Å². The minimum absolute atomic E-state index is 0.0303. The van der Waals surface area contributed by atoms with Gasteiger partial charge in [-0.05, 0) is 85.6 Å². The number of halogens is 3. The molecule has 2 aromatic rings. The predicted octanol–water partition coefficient (Wildman–Crippen LogP) is 5.53. The van der Waals surface area contributed by atoms with Gasteiger partial charge in [-0.15, -0.1) is 11.8 Å². The first-order chi connectivity index (χ1) is 17.2. The lowest BCUT2D eigenvalue weighted by atomic mass is 10.0. The maximum atomic E-state index is 15.7. The third kappa shape index (κ3) is 7.11. The Hall–Kier alpha value is -2.35. The van der Waals surface area contributed by atoms with Crippen molar-refractivity contribution >= 4 is 29.4 Å². The minimum atomic E-state index is -3.77. The molecule has 0 heterocycles. The molecular formula is C26H28F3N3O2S2. The van der Waals surface area contributed by atoms with Gasteiger partial charge >= 0.3 is 6.11 Å². The Labute approximate surface area is 217 Å². The SMILES string of the molecule is CSc1ccc(OC(F)(F)[C@H](NC(CSCC2CC2)C(=O)NC2(C#N)CC2)c2ccc(F)cc2)cc1. The van der Waals surface area contributed by atoms with E-state index in [0.29, 0.717) is 18.8 Å². The van der Waals surface area contributed by atoms with Gasteiger partial charge in [0.25, 0.3) is 0 Å². The highest BCUT2D eigenvalue weighted by atomic mass is 32.2. The second-order valence-corrected chi connectivity index (χ2v) is 11.2. The van der Waals surface area contributed by atoms with Crippen molar-refractivity contribution in [3.8, 4) is 11.8 Å². The van der Waals surface area contributed by atoms with Crippen LogP contribution in [-0.4, -0.2) is 41.4 Å². The maximum absolute atomic E-state index is 15.7. The van der Waals surface area contributed by atoms with Crippen LogP contribution in [-0.2, 0) is 4.79 Å². The number of benzene rings is 2. The number of thioether (sulfide) groups is 2. The number of hydrogen-bond donors (Lipinski definition) is 2. The second-order valence-electron chi connectivity index (χ2n) is 9.21. The van der Waals surface area contributed by atoms with Crippen LogP contribution in [0.1, 0.15) is 37.3 Å². The van der Waals surface area contributed by atoms with Gasteiger partial charge in [0.15, 0.2) is 0 Å². The summed E-state index contributed by atoms with van der Waals surface area (Å²) in [6, 6.07) is 10.3. The Balaban J connectivity index is 1.57. The number of nitrogens with zero attached hydrogens (tertiary/aromatic N) is 1. The molecule has 0 aliphatic heterocycles. The molecule has 1 unspecified atom stereocenters. The maximum Gasteiger partial charge on any atom is 0.417 e. The fraction of sp³-hybridized carbons (Fsp3) is 0.462. The number of hydrogen-bond acceptors (Lipinski definition) is 6. The summed E-state index contributed by atoms with van der Waals surface area (Å²) in [6.45, 7) is 0. The highest BCUT2D eigenvalue weighted by molar-refractivity contribution is 7.99. The molecule has 2 N–H and O–H groups in total. The van der Waals surface area contributed by atoms with E-state index in [1.54, 1.807) is 12.1 Å². The summed E-state index contributed by atoms with van der Waals surface area (Å²) < 4.78 is 50.1. The quantitative estimate of drug-likeness (QED) is 0.329. The number of rotatable bonds is 13. The van der Waals surface area contributed by atoms with Crippen molar-refractivity contribution in [2.45, 2.75) is 54.3 Å². The predicted molar refractivity (Wildman–Crippen MR) is 136 cm³/mol. The van der Waals surface area contributed by atoms with Crippen LogP contribution < -0.4 is 15.4 Å². The smallest absolute Gasteiger partial charge is 0.417 e. The Bertz CT molecular complexity index is 1090. The van der Waals surface area contributed by atoms with Crippen molar-refractivity contribution < 1.29 is 22.7 Å². The van der Waals surface area contributed by atoms with Gasteiger partial charge in [-0.3, -0.25) is 10.1 Å². The number of carbonyl (C=O) groups excluding carboxylic acids is 1. The average Bonchev–Trinajstić information content (AvgIpc) is 3.79. The topological polar surface area (TPSA) is 74.2 Å². The second kappa shape index (κ2) is 11.4. The van der Waals surface area contributed by atoms with Gasteiger partial charge in [-0.2, -0.15) is 25.8 Å². The Morgan fingerprint density at radius 2 is 1.86 bits per heavy atom. The molecule has 4 rings (SSSR count). The van der Waals surface area contributed by atoms with E-state index in [-0.39, 0.29) is 17.1 Å². The first-order valence-electron chi connectivity index (χ1n) is 11.8. The van der Waals surface area contributed by atoms with Gasteiger partial charge < -0.3 is 10.1 Å². The molecule has 2 aliphatic carbocycles. The van der Waals surface area contributed by atoms with Gasteiger partial charge in [0, 0.05) is 10.6 Å². The molecule has 36 heavy (non-hydrogen) atoms. The molecule has 2 atom stereocenters. The molecule has 5 nitrogen and oxygen atoms in total. The molecule has 0 radical (unpaired) electrons. The highest BCUT2D eigenvalue weighted by Crippen LogP contribution is 2.37. The van der Waals surface area contributed by atoms with Crippen molar-refractivity contribution in [2.24, 2.45) is 5.92 Å². The van der Waals surface area contributed by atoms with Crippen molar-refractivity contribution in [3.05, 3.63) is 59.9 Å². The van der Waals surface area contributed by atoms with Crippen LogP contribution in [0.3, 0.4) is 0 Å². The normalized spacial score (nSPS) is 18.1. The van der Waals surface area contributed by atoms with Crippen molar-refractivity contribution in [2.75, 3.05) is 17.8 Å². The molecular weight excluding hydrogens is 507 g/mol. The molecule has 192 valence electrons. The molecule has 0 bridgehead atoms. The number of amides is 1. The van der Waals surface area contributed by atoms with E-state index in [4.69, 9.17) is 4.74 Å². The highest BCUT2D eigenvalue weighted by Gasteiger charge is 2.48. The van der Waals surface area contributed by atoms with E-state index in [9.17, 15) is 14.4 Å². The van der Waals surface area contributed by atoms with E-state index in [2.05, 4.69) is 16.7 Å².